The van der Waals surface area contributed by atoms with Crippen molar-refractivity contribution in [2.24, 2.45) is 18.4 Å². The smallest absolute Gasteiger partial charge is 0.224 e. The zero-order valence-corrected chi connectivity index (χ0v) is 12.8. The Bertz CT molecular complexity index is 527. The maximum atomic E-state index is 12.3. The molecule has 3 unspecified atom stereocenters. The van der Waals surface area contributed by atoms with Crippen LogP contribution in [0.5, 0.6) is 0 Å². The van der Waals surface area contributed by atoms with Crippen molar-refractivity contribution in [3.63, 3.8) is 0 Å². The summed E-state index contributed by atoms with van der Waals surface area (Å²) in [6.07, 6.45) is 2.70. The monoisotopic (exact) mass is 277 g/mol. The molecule has 1 heterocycles. The highest BCUT2D eigenvalue weighted by Gasteiger charge is 2.46. The largest absolute Gasteiger partial charge is 0.346 e. The number of rotatable bonds is 4. The van der Waals surface area contributed by atoms with E-state index in [0.29, 0.717) is 0 Å². The molecule has 0 radical (unpaired) electrons. The van der Waals surface area contributed by atoms with Crippen molar-refractivity contribution in [1.82, 2.24) is 15.1 Å². The Kier molecular flexibility index (Phi) is 3.71. The third-order valence-electron chi connectivity index (χ3n) is 3.80. The van der Waals surface area contributed by atoms with Gasteiger partial charge in [0.05, 0.1) is 11.7 Å². The van der Waals surface area contributed by atoms with Crippen molar-refractivity contribution >= 4 is 11.7 Å². The summed E-state index contributed by atoms with van der Waals surface area (Å²) in [5.74, 6) is 0.120. The molecule has 1 amide bonds. The summed E-state index contributed by atoms with van der Waals surface area (Å²) >= 11 is 0. The van der Waals surface area contributed by atoms with Gasteiger partial charge in [-0.05, 0) is 24.8 Å². The van der Waals surface area contributed by atoms with Crippen molar-refractivity contribution < 1.29 is 9.59 Å². The Labute approximate surface area is 119 Å². The van der Waals surface area contributed by atoms with E-state index in [2.05, 4.69) is 10.4 Å². The van der Waals surface area contributed by atoms with Gasteiger partial charge in [0, 0.05) is 25.1 Å². The van der Waals surface area contributed by atoms with Crippen molar-refractivity contribution in [3.8, 4) is 0 Å². The molecule has 1 aromatic heterocycles. The van der Waals surface area contributed by atoms with Gasteiger partial charge in [0.1, 0.15) is 0 Å². The molecule has 3 atom stereocenters. The molecule has 0 saturated heterocycles. The Morgan fingerprint density at radius 3 is 2.55 bits per heavy atom. The van der Waals surface area contributed by atoms with E-state index in [9.17, 15) is 9.59 Å². The number of ketones is 1. The van der Waals surface area contributed by atoms with Crippen LogP contribution in [0.25, 0.3) is 0 Å². The van der Waals surface area contributed by atoms with Crippen LogP contribution < -0.4 is 5.32 Å². The van der Waals surface area contributed by atoms with Crippen LogP contribution in [-0.2, 0) is 16.6 Å². The average Bonchev–Trinajstić information content (AvgIpc) is 3.00. The number of carbonyl (C=O) groups is 2. The Hall–Kier alpha value is -1.65. The predicted octanol–water partition coefficient (Wildman–Crippen LogP) is 1.64. The minimum absolute atomic E-state index is 0.000820. The molecule has 0 aromatic carbocycles. The van der Waals surface area contributed by atoms with Gasteiger partial charge in [0.2, 0.25) is 5.91 Å². The lowest BCUT2D eigenvalue weighted by Crippen LogP contribution is -2.48. The van der Waals surface area contributed by atoms with E-state index in [1.165, 1.54) is 6.92 Å². The molecular weight excluding hydrogens is 254 g/mol. The normalized spacial score (nSPS) is 23.2. The molecule has 110 valence electrons. The summed E-state index contributed by atoms with van der Waals surface area (Å²) < 4.78 is 1.75. The van der Waals surface area contributed by atoms with E-state index in [0.717, 1.165) is 12.1 Å². The summed E-state index contributed by atoms with van der Waals surface area (Å²) in [7, 11) is 1.87. The third kappa shape index (κ3) is 3.08. The summed E-state index contributed by atoms with van der Waals surface area (Å²) in [6.45, 7) is 7.41. The second kappa shape index (κ2) is 5.04. The summed E-state index contributed by atoms with van der Waals surface area (Å²) in [5.41, 5.74) is 0.694. The van der Waals surface area contributed by atoms with E-state index in [1.54, 1.807) is 4.68 Å². The number of nitrogens with zero attached hydrogens (tertiary/aromatic N) is 2. The van der Waals surface area contributed by atoms with Crippen LogP contribution in [0.4, 0.5) is 0 Å². The molecule has 20 heavy (non-hydrogen) atoms. The Morgan fingerprint density at radius 1 is 1.45 bits per heavy atom. The number of amides is 1. The van der Waals surface area contributed by atoms with E-state index < -0.39 is 6.04 Å². The van der Waals surface area contributed by atoms with Gasteiger partial charge < -0.3 is 5.32 Å². The minimum Gasteiger partial charge on any atom is -0.346 e. The van der Waals surface area contributed by atoms with Gasteiger partial charge in [-0.25, -0.2) is 0 Å². The molecule has 1 saturated carbocycles. The SMILES string of the molecule is CC(=O)C(NC(=O)C1CC1c1ccn(C)n1)C(C)(C)C. The van der Waals surface area contributed by atoms with Crippen molar-refractivity contribution in [2.45, 2.75) is 46.1 Å². The second-order valence-corrected chi connectivity index (χ2v) is 6.78. The molecule has 1 aliphatic carbocycles. The number of hydrogen-bond acceptors (Lipinski definition) is 3. The van der Waals surface area contributed by atoms with Gasteiger partial charge >= 0.3 is 0 Å². The van der Waals surface area contributed by atoms with Gasteiger partial charge in [-0.1, -0.05) is 20.8 Å². The van der Waals surface area contributed by atoms with E-state index >= 15 is 0 Å². The molecule has 1 N–H and O–H groups in total. The molecule has 5 nitrogen and oxygen atoms in total. The average molecular weight is 277 g/mol. The second-order valence-electron chi connectivity index (χ2n) is 6.78. The van der Waals surface area contributed by atoms with Crippen molar-refractivity contribution in [1.29, 1.82) is 0 Å². The zero-order chi connectivity index (χ0) is 15.1. The first-order valence-corrected chi connectivity index (χ1v) is 7.00. The van der Waals surface area contributed by atoms with Crippen LogP contribution in [0.15, 0.2) is 12.3 Å². The molecule has 0 bridgehead atoms. The summed E-state index contributed by atoms with van der Waals surface area (Å²) in [5, 5.41) is 7.24. The molecule has 1 aromatic rings. The first kappa shape index (κ1) is 14.8. The number of nitrogens with one attached hydrogen (secondary N) is 1. The number of aryl methyl sites for hydroxylation is 1. The van der Waals surface area contributed by atoms with Gasteiger partial charge in [0.15, 0.2) is 5.78 Å². The number of Topliss-reactive ketones (excluding diaryl/α,β-unsaturated/α-hetero) is 1. The van der Waals surface area contributed by atoms with E-state index in [-0.39, 0.29) is 28.9 Å². The van der Waals surface area contributed by atoms with Gasteiger partial charge in [0.25, 0.3) is 0 Å². The van der Waals surface area contributed by atoms with Crippen molar-refractivity contribution in [3.05, 3.63) is 18.0 Å². The fraction of sp³-hybridized carbons (Fsp3) is 0.667. The maximum absolute atomic E-state index is 12.3. The fourth-order valence-electron chi connectivity index (χ4n) is 2.62. The van der Waals surface area contributed by atoms with E-state index in [4.69, 9.17) is 0 Å². The Morgan fingerprint density at radius 2 is 2.10 bits per heavy atom. The fourth-order valence-corrected chi connectivity index (χ4v) is 2.62. The molecule has 0 aliphatic heterocycles. The zero-order valence-electron chi connectivity index (χ0n) is 12.8. The lowest BCUT2D eigenvalue weighted by atomic mass is 9.84. The lowest BCUT2D eigenvalue weighted by molar-refractivity contribution is -0.130. The lowest BCUT2D eigenvalue weighted by Gasteiger charge is -2.29. The first-order valence-electron chi connectivity index (χ1n) is 7.00. The van der Waals surface area contributed by atoms with Crippen LogP contribution in [0, 0.1) is 11.3 Å². The van der Waals surface area contributed by atoms with Crippen LogP contribution in [0.3, 0.4) is 0 Å². The molecule has 1 fully saturated rings. The first-order chi connectivity index (χ1) is 9.20. The third-order valence-corrected chi connectivity index (χ3v) is 3.80. The molecular formula is C15H23N3O2. The number of carbonyl (C=O) groups excluding carboxylic acids is 2. The van der Waals surface area contributed by atoms with Crippen molar-refractivity contribution in [2.75, 3.05) is 0 Å². The summed E-state index contributed by atoms with van der Waals surface area (Å²) in [4.78, 5) is 24.0. The highest BCUT2D eigenvalue weighted by atomic mass is 16.2. The van der Waals surface area contributed by atoms with Crippen LogP contribution in [0.1, 0.15) is 45.7 Å². The molecule has 2 rings (SSSR count). The quantitative estimate of drug-likeness (QED) is 0.910. The maximum Gasteiger partial charge on any atom is 0.224 e. The van der Waals surface area contributed by atoms with Crippen LogP contribution in [0.2, 0.25) is 0 Å². The Balaban J connectivity index is 1.98. The highest BCUT2D eigenvalue weighted by Crippen LogP contribution is 2.47. The summed E-state index contributed by atoms with van der Waals surface area (Å²) in [6, 6.07) is 1.52. The number of aromatic nitrogens is 2. The standard InChI is InChI=1S/C15H23N3O2/c1-9(19)13(15(2,3)4)16-14(20)11-8-10(11)12-6-7-18(5)17-12/h6-7,10-11,13H,8H2,1-5H3,(H,16,20). The molecule has 5 heteroatoms. The topological polar surface area (TPSA) is 64.0 Å². The van der Waals surface area contributed by atoms with Gasteiger partial charge in [-0.2, -0.15) is 5.10 Å². The van der Waals surface area contributed by atoms with Gasteiger partial charge in [-0.15, -0.1) is 0 Å². The minimum atomic E-state index is -0.431. The van der Waals surface area contributed by atoms with Gasteiger partial charge in [-0.3, -0.25) is 14.3 Å². The highest BCUT2D eigenvalue weighted by molar-refractivity contribution is 5.90. The van der Waals surface area contributed by atoms with Crippen LogP contribution >= 0.6 is 0 Å². The predicted molar refractivity (Wildman–Crippen MR) is 76.1 cm³/mol. The van der Waals surface area contributed by atoms with E-state index in [1.807, 2.05) is 40.1 Å². The molecule has 1 aliphatic rings. The van der Waals surface area contributed by atoms with Crippen LogP contribution in [-0.4, -0.2) is 27.5 Å². The molecule has 0 spiro atoms. The number of hydrogen-bond donors (Lipinski definition) is 1.